The second kappa shape index (κ2) is 4.77. The third kappa shape index (κ3) is 2.03. The molecule has 1 N–H and O–H groups in total. The van der Waals surface area contributed by atoms with E-state index < -0.39 is 0 Å². The Balaban J connectivity index is 2.32. The number of ether oxygens (including phenoxy) is 1. The van der Waals surface area contributed by atoms with Crippen LogP contribution in [0, 0.1) is 5.82 Å². The van der Waals surface area contributed by atoms with Gasteiger partial charge in [0, 0.05) is 29.3 Å². The van der Waals surface area contributed by atoms with E-state index in [2.05, 4.69) is 9.97 Å². The Hall–Kier alpha value is -2.69. The number of aromatic amines is 1. The lowest BCUT2D eigenvalue weighted by Gasteiger charge is -2.10. The first kappa shape index (κ1) is 12.3. The summed E-state index contributed by atoms with van der Waals surface area (Å²) in [6, 6.07) is 9.27. The van der Waals surface area contributed by atoms with Crippen molar-refractivity contribution in [3.05, 3.63) is 58.8 Å². The van der Waals surface area contributed by atoms with Crippen molar-refractivity contribution in [1.29, 1.82) is 0 Å². The highest BCUT2D eigenvalue weighted by Gasteiger charge is 2.11. The molecule has 2 aromatic heterocycles. The number of nitrogens with one attached hydrogen (secondary N) is 1. The molecule has 0 saturated carbocycles. The first-order valence-corrected chi connectivity index (χ1v) is 6.01. The van der Waals surface area contributed by atoms with Crippen LogP contribution in [0.3, 0.4) is 0 Å². The molecule has 0 radical (unpaired) electrons. The molecule has 0 aliphatic carbocycles. The highest BCUT2D eigenvalue weighted by atomic mass is 19.1. The van der Waals surface area contributed by atoms with Gasteiger partial charge in [0.05, 0.1) is 7.11 Å². The van der Waals surface area contributed by atoms with Crippen LogP contribution >= 0.6 is 0 Å². The maximum absolute atomic E-state index is 13.3. The Morgan fingerprint density at radius 3 is 2.80 bits per heavy atom. The van der Waals surface area contributed by atoms with E-state index in [0.29, 0.717) is 11.4 Å². The van der Waals surface area contributed by atoms with Gasteiger partial charge in [-0.15, -0.1) is 0 Å². The van der Waals surface area contributed by atoms with Crippen molar-refractivity contribution in [1.82, 2.24) is 9.97 Å². The molecule has 5 heteroatoms. The molecule has 0 spiro atoms. The summed E-state index contributed by atoms with van der Waals surface area (Å²) in [5, 5.41) is 0.775. The zero-order chi connectivity index (χ0) is 14.1. The number of pyridine rings is 2. The minimum absolute atomic E-state index is 0.215. The van der Waals surface area contributed by atoms with E-state index in [1.54, 1.807) is 24.4 Å². The van der Waals surface area contributed by atoms with Crippen molar-refractivity contribution in [2.45, 2.75) is 0 Å². The molecule has 0 atom stereocenters. The number of aromatic nitrogens is 2. The van der Waals surface area contributed by atoms with Crippen molar-refractivity contribution >= 4 is 11.0 Å². The second-order valence-electron chi connectivity index (χ2n) is 4.29. The van der Waals surface area contributed by atoms with Crippen LogP contribution in [0.4, 0.5) is 4.39 Å². The average Bonchev–Trinajstić information content (AvgIpc) is 2.46. The lowest BCUT2D eigenvalue weighted by molar-refractivity contribution is 0.413. The van der Waals surface area contributed by atoms with Crippen LogP contribution < -0.4 is 10.3 Å². The maximum atomic E-state index is 13.3. The number of rotatable bonds is 2. The van der Waals surface area contributed by atoms with Crippen molar-refractivity contribution in [3.63, 3.8) is 0 Å². The van der Waals surface area contributed by atoms with Gasteiger partial charge in [-0.25, -0.2) is 9.37 Å². The van der Waals surface area contributed by atoms with Crippen molar-refractivity contribution < 1.29 is 9.13 Å². The number of fused-ring (bicyclic) bond motifs is 1. The Kier molecular flexibility index (Phi) is 2.95. The number of methoxy groups -OCH3 is 1. The summed E-state index contributed by atoms with van der Waals surface area (Å²) < 4.78 is 18.5. The number of halogens is 1. The van der Waals surface area contributed by atoms with Gasteiger partial charge in [0.2, 0.25) is 5.56 Å². The molecular weight excluding hydrogens is 259 g/mol. The summed E-state index contributed by atoms with van der Waals surface area (Å²) in [6.45, 7) is 0. The summed E-state index contributed by atoms with van der Waals surface area (Å²) in [5.41, 5.74) is 1.84. The SMILES string of the molecule is COc1cc(F)ccc1-c1ccnc2[nH]c(=O)ccc12. The van der Waals surface area contributed by atoms with Crippen LogP contribution in [0.5, 0.6) is 5.75 Å². The van der Waals surface area contributed by atoms with E-state index in [0.717, 1.165) is 16.5 Å². The minimum Gasteiger partial charge on any atom is -0.496 e. The molecule has 3 aromatic rings. The fourth-order valence-electron chi connectivity index (χ4n) is 2.18. The van der Waals surface area contributed by atoms with E-state index >= 15 is 0 Å². The van der Waals surface area contributed by atoms with Gasteiger partial charge in [0.15, 0.2) is 0 Å². The Labute approximate surface area is 113 Å². The molecule has 3 rings (SSSR count). The fourth-order valence-corrected chi connectivity index (χ4v) is 2.18. The highest BCUT2D eigenvalue weighted by molar-refractivity contribution is 5.93. The molecule has 0 fully saturated rings. The predicted molar refractivity (Wildman–Crippen MR) is 74.3 cm³/mol. The molecule has 0 aliphatic heterocycles. The summed E-state index contributed by atoms with van der Waals surface area (Å²) in [7, 11) is 1.49. The summed E-state index contributed by atoms with van der Waals surface area (Å²) in [4.78, 5) is 18.1. The molecule has 0 aliphatic rings. The van der Waals surface area contributed by atoms with Gasteiger partial charge in [-0.05, 0) is 29.8 Å². The van der Waals surface area contributed by atoms with Gasteiger partial charge in [0.25, 0.3) is 0 Å². The van der Waals surface area contributed by atoms with Crippen molar-refractivity contribution in [3.8, 4) is 16.9 Å². The monoisotopic (exact) mass is 270 g/mol. The lowest BCUT2D eigenvalue weighted by atomic mass is 10.0. The normalized spacial score (nSPS) is 10.7. The zero-order valence-electron chi connectivity index (χ0n) is 10.7. The third-order valence-electron chi connectivity index (χ3n) is 3.09. The van der Waals surface area contributed by atoms with E-state index in [9.17, 15) is 9.18 Å². The van der Waals surface area contributed by atoms with Gasteiger partial charge < -0.3 is 9.72 Å². The number of nitrogens with zero attached hydrogens (tertiary/aromatic N) is 1. The summed E-state index contributed by atoms with van der Waals surface area (Å²) in [5.74, 6) is 0.0704. The number of H-pyrrole nitrogens is 1. The topological polar surface area (TPSA) is 55.0 Å². The molecular formula is C15H11FN2O2. The van der Waals surface area contributed by atoms with Crippen LogP contribution in [0.2, 0.25) is 0 Å². The molecule has 0 amide bonds. The van der Waals surface area contributed by atoms with Crippen LogP contribution in [0.25, 0.3) is 22.2 Å². The van der Waals surface area contributed by atoms with Crippen molar-refractivity contribution in [2.75, 3.05) is 7.11 Å². The molecule has 100 valence electrons. The van der Waals surface area contributed by atoms with E-state index in [1.165, 1.54) is 25.3 Å². The smallest absolute Gasteiger partial charge is 0.249 e. The van der Waals surface area contributed by atoms with Gasteiger partial charge in [-0.2, -0.15) is 0 Å². The predicted octanol–water partition coefficient (Wildman–Crippen LogP) is 2.74. The first-order chi connectivity index (χ1) is 9.69. The minimum atomic E-state index is -0.364. The van der Waals surface area contributed by atoms with E-state index in [1.807, 2.05) is 0 Å². The molecule has 0 unspecified atom stereocenters. The third-order valence-corrected chi connectivity index (χ3v) is 3.09. The Morgan fingerprint density at radius 1 is 1.15 bits per heavy atom. The first-order valence-electron chi connectivity index (χ1n) is 6.01. The summed E-state index contributed by atoms with van der Waals surface area (Å²) in [6.07, 6.45) is 1.59. The van der Waals surface area contributed by atoms with Gasteiger partial charge >= 0.3 is 0 Å². The molecule has 0 bridgehead atoms. The number of hydrogen-bond acceptors (Lipinski definition) is 3. The Bertz CT molecular complexity index is 843. The fraction of sp³-hybridized carbons (Fsp3) is 0.0667. The molecule has 20 heavy (non-hydrogen) atoms. The summed E-state index contributed by atoms with van der Waals surface area (Å²) >= 11 is 0. The highest BCUT2D eigenvalue weighted by Crippen LogP contribution is 2.33. The number of hydrogen-bond donors (Lipinski definition) is 1. The van der Waals surface area contributed by atoms with Crippen molar-refractivity contribution in [2.24, 2.45) is 0 Å². The maximum Gasteiger partial charge on any atom is 0.249 e. The lowest BCUT2D eigenvalue weighted by Crippen LogP contribution is -2.04. The van der Waals surface area contributed by atoms with Gasteiger partial charge in [-0.3, -0.25) is 4.79 Å². The van der Waals surface area contributed by atoms with Gasteiger partial charge in [-0.1, -0.05) is 0 Å². The molecule has 4 nitrogen and oxygen atoms in total. The quantitative estimate of drug-likeness (QED) is 0.779. The second-order valence-corrected chi connectivity index (χ2v) is 4.29. The largest absolute Gasteiger partial charge is 0.496 e. The Morgan fingerprint density at radius 2 is 2.00 bits per heavy atom. The van der Waals surface area contributed by atoms with E-state index in [4.69, 9.17) is 4.74 Å². The van der Waals surface area contributed by atoms with Gasteiger partial charge in [0.1, 0.15) is 17.2 Å². The number of benzene rings is 1. The molecule has 2 heterocycles. The van der Waals surface area contributed by atoms with E-state index in [-0.39, 0.29) is 11.4 Å². The van der Waals surface area contributed by atoms with Crippen LogP contribution in [-0.2, 0) is 0 Å². The van der Waals surface area contributed by atoms with Crippen LogP contribution in [0.15, 0.2) is 47.4 Å². The van der Waals surface area contributed by atoms with Crippen LogP contribution in [-0.4, -0.2) is 17.1 Å². The standard InChI is InChI=1S/C15H11FN2O2/c1-20-13-8-9(16)2-3-11(13)10-6-7-17-15-12(10)4-5-14(19)18-15/h2-8H,1H3,(H,17,18,19). The average molecular weight is 270 g/mol. The van der Waals surface area contributed by atoms with Crippen LogP contribution in [0.1, 0.15) is 0 Å². The molecule has 1 aromatic carbocycles. The zero-order valence-corrected chi connectivity index (χ0v) is 10.7. The molecule has 0 saturated heterocycles.